The van der Waals surface area contributed by atoms with Gasteiger partial charge in [0.1, 0.15) is 0 Å². The topological polar surface area (TPSA) is 21.3 Å². The lowest BCUT2D eigenvalue weighted by Gasteiger charge is -2.45. The fourth-order valence-electron chi connectivity index (χ4n) is 3.76. The molecular weight excluding hydrogens is 254 g/mol. The van der Waals surface area contributed by atoms with Gasteiger partial charge in [-0.3, -0.25) is 0 Å². The molecule has 2 aliphatic rings. The third-order valence-electron chi connectivity index (χ3n) is 4.88. The van der Waals surface area contributed by atoms with Crippen molar-refractivity contribution in [3.05, 3.63) is 0 Å². The zero-order valence-corrected chi connectivity index (χ0v) is 13.6. The fraction of sp³-hybridized carbons (Fsp3) is 1.00. The molecule has 1 spiro atoms. The van der Waals surface area contributed by atoms with E-state index < -0.39 is 0 Å². The standard InChI is InChI=1S/C16H31NOS/c1-3-11-19-13-15(17-2)14-7-10-18-16(12-14)8-5-4-6-9-16/h14-15,17H,3-13H2,1-2H3. The maximum absolute atomic E-state index is 6.22. The molecule has 1 aliphatic heterocycles. The fourth-order valence-corrected chi connectivity index (χ4v) is 4.91. The second kappa shape index (κ2) is 7.90. The van der Waals surface area contributed by atoms with E-state index >= 15 is 0 Å². The minimum absolute atomic E-state index is 0.256. The molecule has 0 bridgehead atoms. The second-order valence-corrected chi connectivity index (χ2v) is 7.46. The van der Waals surface area contributed by atoms with Gasteiger partial charge < -0.3 is 10.1 Å². The summed E-state index contributed by atoms with van der Waals surface area (Å²) >= 11 is 2.11. The summed E-state index contributed by atoms with van der Waals surface area (Å²) in [5.41, 5.74) is 0.256. The Labute approximate surface area is 123 Å². The van der Waals surface area contributed by atoms with Gasteiger partial charge in [-0.15, -0.1) is 0 Å². The molecule has 1 N–H and O–H groups in total. The van der Waals surface area contributed by atoms with Crippen molar-refractivity contribution in [3.63, 3.8) is 0 Å². The van der Waals surface area contributed by atoms with E-state index in [9.17, 15) is 0 Å². The summed E-state index contributed by atoms with van der Waals surface area (Å²) in [6.45, 7) is 3.26. The molecule has 1 saturated carbocycles. The monoisotopic (exact) mass is 285 g/mol. The molecule has 2 atom stereocenters. The van der Waals surface area contributed by atoms with Crippen LogP contribution in [-0.2, 0) is 4.74 Å². The molecule has 1 saturated heterocycles. The lowest BCUT2D eigenvalue weighted by Crippen LogP contribution is -2.48. The van der Waals surface area contributed by atoms with Crippen LogP contribution in [0.2, 0.25) is 0 Å². The van der Waals surface area contributed by atoms with Crippen molar-refractivity contribution in [1.82, 2.24) is 5.32 Å². The Balaban J connectivity index is 1.87. The van der Waals surface area contributed by atoms with Gasteiger partial charge >= 0.3 is 0 Å². The van der Waals surface area contributed by atoms with Gasteiger partial charge in [0.05, 0.1) is 5.60 Å². The van der Waals surface area contributed by atoms with Crippen molar-refractivity contribution < 1.29 is 4.74 Å². The highest BCUT2D eigenvalue weighted by atomic mass is 32.2. The molecule has 19 heavy (non-hydrogen) atoms. The van der Waals surface area contributed by atoms with Gasteiger partial charge in [0, 0.05) is 18.4 Å². The van der Waals surface area contributed by atoms with E-state index in [0.29, 0.717) is 6.04 Å². The Morgan fingerprint density at radius 1 is 1.32 bits per heavy atom. The van der Waals surface area contributed by atoms with Crippen LogP contribution in [0.3, 0.4) is 0 Å². The maximum Gasteiger partial charge on any atom is 0.0685 e. The Hall–Kier alpha value is 0.270. The minimum Gasteiger partial charge on any atom is -0.375 e. The Bertz CT molecular complexity index is 248. The average Bonchev–Trinajstić information content (AvgIpc) is 2.44. The van der Waals surface area contributed by atoms with E-state index in [4.69, 9.17) is 4.74 Å². The Morgan fingerprint density at radius 3 is 2.79 bits per heavy atom. The SMILES string of the molecule is CCCSCC(NC)C1CCOC2(CCCCC2)C1. The molecule has 3 heteroatoms. The zero-order valence-electron chi connectivity index (χ0n) is 12.7. The predicted octanol–water partition coefficient (Wildman–Crippen LogP) is 3.85. The highest BCUT2D eigenvalue weighted by molar-refractivity contribution is 7.99. The molecule has 2 unspecified atom stereocenters. The number of ether oxygens (including phenoxy) is 1. The maximum atomic E-state index is 6.22. The van der Waals surface area contributed by atoms with Crippen LogP contribution in [0.4, 0.5) is 0 Å². The van der Waals surface area contributed by atoms with Gasteiger partial charge in [-0.05, 0) is 50.8 Å². The van der Waals surface area contributed by atoms with E-state index in [-0.39, 0.29) is 5.60 Å². The molecule has 0 aromatic heterocycles. The van der Waals surface area contributed by atoms with Crippen LogP contribution < -0.4 is 5.32 Å². The highest BCUT2D eigenvalue weighted by Gasteiger charge is 2.40. The molecule has 2 fully saturated rings. The van der Waals surface area contributed by atoms with Crippen molar-refractivity contribution >= 4 is 11.8 Å². The quantitative estimate of drug-likeness (QED) is 0.749. The summed E-state index contributed by atoms with van der Waals surface area (Å²) in [5.74, 6) is 3.39. The third kappa shape index (κ3) is 4.37. The molecular formula is C16H31NOS. The minimum atomic E-state index is 0.256. The van der Waals surface area contributed by atoms with Crippen molar-refractivity contribution in [2.45, 2.75) is 69.9 Å². The van der Waals surface area contributed by atoms with Gasteiger partial charge in [0.2, 0.25) is 0 Å². The van der Waals surface area contributed by atoms with E-state index in [0.717, 1.165) is 12.5 Å². The first kappa shape index (κ1) is 15.7. The van der Waals surface area contributed by atoms with Gasteiger partial charge in [-0.25, -0.2) is 0 Å². The van der Waals surface area contributed by atoms with Gasteiger partial charge in [-0.1, -0.05) is 26.2 Å². The van der Waals surface area contributed by atoms with Crippen LogP contribution in [0, 0.1) is 5.92 Å². The molecule has 1 heterocycles. The van der Waals surface area contributed by atoms with Gasteiger partial charge in [0.25, 0.3) is 0 Å². The van der Waals surface area contributed by atoms with E-state index in [2.05, 4.69) is 31.1 Å². The number of nitrogens with one attached hydrogen (secondary N) is 1. The molecule has 0 aromatic rings. The molecule has 2 nitrogen and oxygen atoms in total. The van der Waals surface area contributed by atoms with Crippen molar-refractivity contribution in [2.75, 3.05) is 25.2 Å². The molecule has 0 radical (unpaired) electrons. The molecule has 0 aromatic carbocycles. The average molecular weight is 285 g/mol. The van der Waals surface area contributed by atoms with E-state index in [1.165, 1.54) is 62.9 Å². The lowest BCUT2D eigenvalue weighted by molar-refractivity contribution is -0.120. The molecule has 112 valence electrons. The summed E-state index contributed by atoms with van der Waals surface area (Å²) < 4.78 is 6.22. The first-order chi connectivity index (χ1) is 9.29. The summed E-state index contributed by atoms with van der Waals surface area (Å²) in [6, 6.07) is 0.680. The summed E-state index contributed by atoms with van der Waals surface area (Å²) in [6.07, 6.45) is 10.6. The van der Waals surface area contributed by atoms with Crippen LogP contribution in [0.1, 0.15) is 58.3 Å². The zero-order chi connectivity index (χ0) is 13.6. The highest BCUT2D eigenvalue weighted by Crippen LogP contribution is 2.41. The van der Waals surface area contributed by atoms with Crippen molar-refractivity contribution in [3.8, 4) is 0 Å². The van der Waals surface area contributed by atoms with Crippen LogP contribution in [0.5, 0.6) is 0 Å². The van der Waals surface area contributed by atoms with Gasteiger partial charge in [-0.2, -0.15) is 11.8 Å². The molecule has 0 amide bonds. The third-order valence-corrected chi connectivity index (χ3v) is 6.17. The first-order valence-corrected chi connectivity index (χ1v) is 9.34. The normalized spacial score (nSPS) is 28.4. The lowest BCUT2D eigenvalue weighted by atomic mass is 9.74. The Morgan fingerprint density at radius 2 is 2.11 bits per heavy atom. The van der Waals surface area contributed by atoms with Crippen molar-refractivity contribution in [2.24, 2.45) is 5.92 Å². The smallest absolute Gasteiger partial charge is 0.0685 e. The number of hydrogen-bond acceptors (Lipinski definition) is 3. The van der Waals surface area contributed by atoms with Crippen molar-refractivity contribution in [1.29, 1.82) is 0 Å². The summed E-state index contributed by atoms with van der Waals surface area (Å²) in [5, 5.41) is 3.58. The van der Waals surface area contributed by atoms with E-state index in [1.807, 2.05) is 0 Å². The summed E-state index contributed by atoms with van der Waals surface area (Å²) in [7, 11) is 2.14. The van der Waals surface area contributed by atoms with E-state index in [1.54, 1.807) is 0 Å². The van der Waals surface area contributed by atoms with Crippen LogP contribution in [0.25, 0.3) is 0 Å². The molecule has 1 aliphatic carbocycles. The van der Waals surface area contributed by atoms with Crippen LogP contribution in [0.15, 0.2) is 0 Å². The second-order valence-electron chi connectivity index (χ2n) is 6.32. The number of thioether (sulfide) groups is 1. The summed E-state index contributed by atoms with van der Waals surface area (Å²) in [4.78, 5) is 0. The van der Waals surface area contributed by atoms with Gasteiger partial charge in [0.15, 0.2) is 0 Å². The Kier molecular flexibility index (Phi) is 6.51. The molecule has 2 rings (SSSR count). The predicted molar refractivity (Wildman–Crippen MR) is 85.0 cm³/mol. The van der Waals surface area contributed by atoms with Crippen LogP contribution >= 0.6 is 11.8 Å². The number of hydrogen-bond donors (Lipinski definition) is 1. The number of rotatable bonds is 6. The largest absolute Gasteiger partial charge is 0.375 e. The first-order valence-electron chi connectivity index (χ1n) is 8.18. The van der Waals surface area contributed by atoms with Crippen LogP contribution in [-0.4, -0.2) is 36.8 Å².